The van der Waals surface area contributed by atoms with E-state index in [0.29, 0.717) is 21.6 Å². The Morgan fingerprint density at radius 3 is 1.39 bits per heavy atom. The van der Waals surface area contributed by atoms with E-state index >= 15 is 0 Å². The van der Waals surface area contributed by atoms with E-state index in [0.717, 1.165) is 24.3 Å². The molecule has 0 aromatic heterocycles. The normalized spacial score (nSPS) is 12.2. The van der Waals surface area contributed by atoms with Crippen molar-refractivity contribution in [3.05, 3.63) is 9.81 Å². The number of nitriles is 2. The summed E-state index contributed by atoms with van der Waals surface area (Å²) in [5, 5.41) is 18.2. The van der Waals surface area contributed by atoms with Crippen molar-refractivity contribution in [3.8, 4) is 12.1 Å². The van der Waals surface area contributed by atoms with Crippen molar-refractivity contribution in [2.75, 3.05) is 11.5 Å². The lowest BCUT2D eigenvalue weighted by molar-refractivity contribution is 0.632. The van der Waals surface area contributed by atoms with E-state index in [1.165, 1.54) is 23.5 Å². The molecule has 0 aliphatic heterocycles. The number of thioether (sulfide) groups is 2. The van der Waals surface area contributed by atoms with Gasteiger partial charge in [0.1, 0.15) is 21.9 Å². The molecule has 18 heavy (non-hydrogen) atoms. The molecule has 0 N–H and O–H groups in total. The molecule has 100 valence electrons. The van der Waals surface area contributed by atoms with E-state index in [2.05, 4.69) is 39.8 Å². The standard InChI is InChI=1S/C14H22N2S2/c1-11(2)5-7-17-13(9-15)14(10-16)18-8-6-12(3)4/h11-12H,5-8H2,1-4H3/b14-13-. The van der Waals surface area contributed by atoms with Crippen molar-refractivity contribution in [2.45, 2.75) is 40.5 Å². The minimum absolute atomic E-state index is 0.590. The van der Waals surface area contributed by atoms with Gasteiger partial charge in [-0.1, -0.05) is 27.7 Å². The summed E-state index contributed by atoms with van der Waals surface area (Å²) >= 11 is 3.03. The molecule has 0 aromatic rings. The summed E-state index contributed by atoms with van der Waals surface area (Å²) in [5.41, 5.74) is 0. The molecule has 4 heteroatoms. The van der Waals surface area contributed by atoms with Crippen LogP contribution >= 0.6 is 23.5 Å². The van der Waals surface area contributed by atoms with Gasteiger partial charge in [0.05, 0.1) is 0 Å². The summed E-state index contributed by atoms with van der Waals surface area (Å²) in [4.78, 5) is 1.18. The number of rotatable bonds is 8. The topological polar surface area (TPSA) is 47.6 Å². The molecule has 0 aromatic carbocycles. The molecule has 0 atom stereocenters. The molecule has 0 rings (SSSR count). The van der Waals surface area contributed by atoms with Crippen LogP contribution in [0.1, 0.15) is 40.5 Å². The summed E-state index contributed by atoms with van der Waals surface area (Å²) < 4.78 is 0. The Balaban J connectivity index is 4.36. The molecule has 0 bridgehead atoms. The number of nitrogens with zero attached hydrogens (tertiary/aromatic N) is 2. The Kier molecular flexibility index (Phi) is 10.0. The van der Waals surface area contributed by atoms with Gasteiger partial charge in [-0.05, 0) is 36.2 Å². The highest BCUT2D eigenvalue weighted by Crippen LogP contribution is 2.29. The summed E-state index contributed by atoms with van der Waals surface area (Å²) in [7, 11) is 0. The number of allylic oxidation sites excluding steroid dienone is 2. The van der Waals surface area contributed by atoms with Crippen LogP contribution in [0.25, 0.3) is 0 Å². The van der Waals surface area contributed by atoms with Crippen molar-refractivity contribution >= 4 is 23.5 Å². The van der Waals surface area contributed by atoms with Gasteiger partial charge in [0.25, 0.3) is 0 Å². The van der Waals surface area contributed by atoms with Gasteiger partial charge in [-0.2, -0.15) is 10.5 Å². The fourth-order valence-corrected chi connectivity index (χ4v) is 3.51. The molecule has 2 nitrogen and oxygen atoms in total. The molecule has 0 unspecified atom stereocenters. The van der Waals surface area contributed by atoms with Gasteiger partial charge in [-0.25, -0.2) is 0 Å². The van der Waals surface area contributed by atoms with Gasteiger partial charge in [-0.15, -0.1) is 23.5 Å². The monoisotopic (exact) mass is 282 g/mol. The third-order valence-corrected chi connectivity index (χ3v) is 4.47. The summed E-state index contributed by atoms with van der Waals surface area (Å²) in [6.07, 6.45) is 2.15. The van der Waals surface area contributed by atoms with Gasteiger partial charge in [0, 0.05) is 0 Å². The average molecular weight is 282 g/mol. The van der Waals surface area contributed by atoms with Gasteiger partial charge in [-0.3, -0.25) is 0 Å². The van der Waals surface area contributed by atoms with E-state index in [4.69, 9.17) is 10.5 Å². The Morgan fingerprint density at radius 1 is 0.833 bits per heavy atom. The van der Waals surface area contributed by atoms with Crippen LogP contribution in [0.15, 0.2) is 9.81 Å². The molecule has 0 aliphatic rings. The third-order valence-electron chi connectivity index (χ3n) is 2.29. The van der Waals surface area contributed by atoms with Crippen molar-refractivity contribution in [1.82, 2.24) is 0 Å². The van der Waals surface area contributed by atoms with Gasteiger partial charge < -0.3 is 0 Å². The molecule has 0 saturated carbocycles. The Bertz CT molecular complexity index is 312. The molecule has 0 spiro atoms. The van der Waals surface area contributed by atoms with E-state index in [1.807, 2.05) is 0 Å². The van der Waals surface area contributed by atoms with E-state index in [-0.39, 0.29) is 0 Å². The highest BCUT2D eigenvalue weighted by molar-refractivity contribution is 8.07. The molecule has 0 amide bonds. The first-order chi connectivity index (χ1) is 8.51. The van der Waals surface area contributed by atoms with Crippen molar-refractivity contribution in [2.24, 2.45) is 11.8 Å². The van der Waals surface area contributed by atoms with Crippen molar-refractivity contribution in [3.63, 3.8) is 0 Å². The molecule has 0 aliphatic carbocycles. The Labute approximate surface area is 120 Å². The summed E-state index contributed by atoms with van der Waals surface area (Å²) in [5.74, 6) is 3.10. The minimum Gasteiger partial charge on any atom is -0.192 e. The van der Waals surface area contributed by atoms with E-state index < -0.39 is 0 Å². The lowest BCUT2D eigenvalue weighted by Crippen LogP contribution is -1.93. The molecule has 0 radical (unpaired) electrons. The quantitative estimate of drug-likeness (QED) is 0.600. The van der Waals surface area contributed by atoms with Crippen LogP contribution in [0.2, 0.25) is 0 Å². The SMILES string of the molecule is CC(C)CCS/C(C#N)=C(/C#N)SCCC(C)C. The Hall–Kier alpha value is -0.580. The second kappa shape index (κ2) is 10.4. The molecule has 0 heterocycles. The first-order valence-corrected chi connectivity index (χ1v) is 8.28. The highest BCUT2D eigenvalue weighted by atomic mass is 32.2. The zero-order chi connectivity index (χ0) is 14.0. The first kappa shape index (κ1) is 17.4. The number of hydrogen-bond acceptors (Lipinski definition) is 4. The van der Waals surface area contributed by atoms with Gasteiger partial charge in [0.2, 0.25) is 0 Å². The first-order valence-electron chi connectivity index (χ1n) is 6.31. The van der Waals surface area contributed by atoms with Crippen LogP contribution in [0.3, 0.4) is 0 Å². The van der Waals surface area contributed by atoms with Gasteiger partial charge in [0.15, 0.2) is 0 Å². The Morgan fingerprint density at radius 2 is 1.17 bits per heavy atom. The van der Waals surface area contributed by atoms with Crippen LogP contribution in [0, 0.1) is 34.5 Å². The maximum Gasteiger partial charge on any atom is 0.109 e. The lowest BCUT2D eigenvalue weighted by atomic mass is 10.2. The van der Waals surface area contributed by atoms with Crippen molar-refractivity contribution < 1.29 is 0 Å². The van der Waals surface area contributed by atoms with E-state index in [1.54, 1.807) is 0 Å². The largest absolute Gasteiger partial charge is 0.192 e. The molecule has 0 saturated heterocycles. The van der Waals surface area contributed by atoms with Crippen LogP contribution in [-0.4, -0.2) is 11.5 Å². The fraction of sp³-hybridized carbons (Fsp3) is 0.714. The molecular weight excluding hydrogens is 260 g/mol. The van der Waals surface area contributed by atoms with Crippen LogP contribution in [-0.2, 0) is 0 Å². The second-order valence-electron chi connectivity index (χ2n) is 4.94. The van der Waals surface area contributed by atoms with Crippen LogP contribution in [0.4, 0.5) is 0 Å². The number of hydrogen-bond donors (Lipinski definition) is 0. The molecular formula is C14H22N2S2. The van der Waals surface area contributed by atoms with E-state index in [9.17, 15) is 0 Å². The summed E-state index contributed by atoms with van der Waals surface area (Å²) in [6.45, 7) is 8.66. The minimum atomic E-state index is 0.590. The van der Waals surface area contributed by atoms with Gasteiger partial charge >= 0.3 is 0 Å². The van der Waals surface area contributed by atoms with Crippen molar-refractivity contribution in [1.29, 1.82) is 10.5 Å². The maximum absolute atomic E-state index is 9.11. The highest BCUT2D eigenvalue weighted by Gasteiger charge is 2.08. The second-order valence-corrected chi connectivity index (χ2v) is 7.15. The molecule has 0 fully saturated rings. The predicted molar refractivity (Wildman–Crippen MR) is 82.1 cm³/mol. The average Bonchev–Trinajstić information content (AvgIpc) is 2.30. The van der Waals surface area contributed by atoms with Crippen LogP contribution < -0.4 is 0 Å². The zero-order valence-corrected chi connectivity index (χ0v) is 13.3. The lowest BCUT2D eigenvalue weighted by Gasteiger charge is -2.06. The zero-order valence-electron chi connectivity index (χ0n) is 11.7. The third kappa shape index (κ3) is 8.50. The predicted octanol–water partition coefficient (Wildman–Crippen LogP) is 4.80. The maximum atomic E-state index is 9.11. The van der Waals surface area contributed by atoms with Crippen LogP contribution in [0.5, 0.6) is 0 Å². The fourth-order valence-electron chi connectivity index (χ4n) is 1.09. The summed E-state index contributed by atoms with van der Waals surface area (Å²) in [6, 6.07) is 4.33. The smallest absolute Gasteiger partial charge is 0.109 e.